The van der Waals surface area contributed by atoms with Crippen LogP contribution >= 0.6 is 15.9 Å². The first kappa shape index (κ1) is 5.54. The summed E-state index contributed by atoms with van der Waals surface area (Å²) in [7, 11) is 0. The van der Waals surface area contributed by atoms with Gasteiger partial charge in [0.15, 0.2) is 0 Å². The summed E-state index contributed by atoms with van der Waals surface area (Å²) in [6.45, 7) is 2.01. The molecule has 0 saturated carbocycles. The van der Waals surface area contributed by atoms with Gasteiger partial charge in [0.1, 0.15) is 0 Å². The Morgan fingerprint density at radius 3 is 2.71 bits per heavy atom. The standard InChI is InChI=1S/C4H4BrNSe/c1-3-2-7-4(5)6-3/h2H,1H3. The van der Waals surface area contributed by atoms with Crippen molar-refractivity contribution in [1.29, 1.82) is 0 Å². The molecule has 3 heteroatoms. The van der Waals surface area contributed by atoms with Crippen LogP contribution in [0.5, 0.6) is 0 Å². The molecule has 0 atom stereocenters. The van der Waals surface area contributed by atoms with Crippen molar-refractivity contribution < 1.29 is 0 Å². The van der Waals surface area contributed by atoms with E-state index in [0.717, 1.165) is 9.17 Å². The molecule has 0 bridgehead atoms. The third-order valence-electron chi connectivity index (χ3n) is 0.591. The summed E-state index contributed by atoms with van der Waals surface area (Å²) >= 11 is 3.81. The Morgan fingerprint density at radius 1 is 1.86 bits per heavy atom. The molecule has 0 fully saturated rings. The molecule has 1 heterocycles. The van der Waals surface area contributed by atoms with E-state index in [1.165, 1.54) is 0 Å². The first-order valence-corrected chi connectivity index (χ1v) is 4.50. The number of hydrogen-bond acceptors (Lipinski definition) is 1. The van der Waals surface area contributed by atoms with Gasteiger partial charge in [0.2, 0.25) is 0 Å². The first-order chi connectivity index (χ1) is 3.29. The van der Waals surface area contributed by atoms with Crippen LogP contribution in [0.3, 0.4) is 0 Å². The average Bonchev–Trinajstić information content (AvgIpc) is 1.87. The minimum absolute atomic E-state index is 0.504. The molecule has 0 unspecified atom stereocenters. The van der Waals surface area contributed by atoms with Gasteiger partial charge in [0.25, 0.3) is 0 Å². The monoisotopic (exact) mass is 225 g/mol. The number of halogens is 1. The molecule has 0 aromatic carbocycles. The molecule has 0 N–H and O–H groups in total. The van der Waals surface area contributed by atoms with Gasteiger partial charge in [0, 0.05) is 0 Å². The summed E-state index contributed by atoms with van der Waals surface area (Å²) < 4.78 is 1.11. The van der Waals surface area contributed by atoms with Crippen molar-refractivity contribution in [3.63, 3.8) is 0 Å². The van der Waals surface area contributed by atoms with Crippen molar-refractivity contribution >= 4 is 30.4 Å². The van der Waals surface area contributed by atoms with E-state index in [2.05, 4.69) is 25.9 Å². The molecule has 1 aromatic heterocycles. The number of hydrogen-bond donors (Lipinski definition) is 0. The Balaban J connectivity index is 3.04. The molecule has 38 valence electrons. The molecule has 0 saturated heterocycles. The van der Waals surface area contributed by atoms with E-state index in [1.807, 2.05) is 6.92 Å². The third kappa shape index (κ3) is 1.41. The summed E-state index contributed by atoms with van der Waals surface area (Å²) in [6.07, 6.45) is 0. The summed E-state index contributed by atoms with van der Waals surface area (Å²) in [5.74, 6) is 0. The van der Waals surface area contributed by atoms with Crippen molar-refractivity contribution in [2.45, 2.75) is 6.92 Å². The van der Waals surface area contributed by atoms with E-state index < -0.39 is 0 Å². The molecule has 0 aliphatic carbocycles. The van der Waals surface area contributed by atoms with E-state index in [4.69, 9.17) is 0 Å². The zero-order valence-corrected chi connectivity index (χ0v) is 7.11. The van der Waals surface area contributed by atoms with Crippen molar-refractivity contribution in [2.24, 2.45) is 0 Å². The van der Waals surface area contributed by atoms with Crippen LogP contribution < -0.4 is 0 Å². The zero-order chi connectivity index (χ0) is 5.28. The Morgan fingerprint density at radius 2 is 2.57 bits per heavy atom. The molecule has 7 heavy (non-hydrogen) atoms. The van der Waals surface area contributed by atoms with Crippen molar-refractivity contribution in [1.82, 2.24) is 4.98 Å². The summed E-state index contributed by atoms with van der Waals surface area (Å²) in [6, 6.07) is 0. The van der Waals surface area contributed by atoms with Gasteiger partial charge in [-0.2, -0.15) is 0 Å². The number of aryl methyl sites for hydroxylation is 1. The van der Waals surface area contributed by atoms with Crippen LogP contribution in [0.25, 0.3) is 0 Å². The van der Waals surface area contributed by atoms with Gasteiger partial charge in [-0.3, -0.25) is 0 Å². The minimum atomic E-state index is 0.504. The molecule has 0 radical (unpaired) electrons. The molecular formula is C4H4BrNSe. The predicted octanol–water partition coefficient (Wildman–Crippen LogP) is 1.21. The molecule has 1 nitrogen and oxygen atoms in total. The Hall–Kier alpha value is 0.409. The quantitative estimate of drug-likeness (QED) is 0.604. The Kier molecular flexibility index (Phi) is 1.68. The average molecular weight is 225 g/mol. The Labute approximate surface area is 56.6 Å². The van der Waals surface area contributed by atoms with Gasteiger partial charge in [0.05, 0.1) is 0 Å². The summed E-state index contributed by atoms with van der Waals surface area (Å²) in [5.41, 5.74) is 1.15. The van der Waals surface area contributed by atoms with Crippen LogP contribution in [0.2, 0.25) is 0 Å². The first-order valence-electron chi connectivity index (χ1n) is 1.86. The topological polar surface area (TPSA) is 12.9 Å². The van der Waals surface area contributed by atoms with E-state index in [1.54, 1.807) is 0 Å². The molecular weight excluding hydrogens is 221 g/mol. The van der Waals surface area contributed by atoms with Gasteiger partial charge in [-0.15, -0.1) is 0 Å². The van der Waals surface area contributed by atoms with Crippen LogP contribution in [-0.2, 0) is 0 Å². The molecule has 1 rings (SSSR count). The van der Waals surface area contributed by atoms with Gasteiger partial charge in [-0.25, -0.2) is 0 Å². The van der Waals surface area contributed by atoms with Gasteiger partial charge in [-0.05, 0) is 0 Å². The fourth-order valence-corrected chi connectivity index (χ4v) is 2.18. The molecule has 0 amide bonds. The number of rotatable bonds is 0. The fraction of sp³-hybridized carbons (Fsp3) is 0.250. The SMILES string of the molecule is Cc1c[se]c(Br)n1. The molecule has 0 aliphatic rings. The van der Waals surface area contributed by atoms with Crippen molar-refractivity contribution in [3.8, 4) is 0 Å². The maximum atomic E-state index is 4.11. The van der Waals surface area contributed by atoms with E-state index in [9.17, 15) is 0 Å². The van der Waals surface area contributed by atoms with E-state index in [-0.39, 0.29) is 0 Å². The number of nitrogens with zero attached hydrogens (tertiary/aromatic N) is 1. The van der Waals surface area contributed by atoms with Crippen LogP contribution in [-0.4, -0.2) is 19.5 Å². The van der Waals surface area contributed by atoms with Crippen LogP contribution in [0.4, 0.5) is 0 Å². The van der Waals surface area contributed by atoms with Gasteiger partial charge in [-0.1, -0.05) is 0 Å². The van der Waals surface area contributed by atoms with E-state index in [0.29, 0.717) is 14.5 Å². The third-order valence-corrected chi connectivity index (χ3v) is 3.30. The van der Waals surface area contributed by atoms with Crippen molar-refractivity contribution in [2.75, 3.05) is 0 Å². The second-order valence-electron chi connectivity index (χ2n) is 1.24. The maximum absolute atomic E-state index is 4.11. The van der Waals surface area contributed by atoms with Crippen LogP contribution in [0.15, 0.2) is 8.42 Å². The molecule has 1 aromatic rings. The predicted molar refractivity (Wildman–Crippen MR) is 33.6 cm³/mol. The van der Waals surface area contributed by atoms with Gasteiger partial charge < -0.3 is 0 Å². The second kappa shape index (κ2) is 2.12. The van der Waals surface area contributed by atoms with Gasteiger partial charge >= 0.3 is 56.5 Å². The Bertz CT molecular complexity index is 144. The summed E-state index contributed by atoms with van der Waals surface area (Å²) in [5, 5.41) is 0. The second-order valence-corrected chi connectivity index (χ2v) is 4.97. The van der Waals surface area contributed by atoms with E-state index >= 15 is 0 Å². The number of aromatic nitrogens is 1. The fourth-order valence-electron chi connectivity index (χ4n) is 0.325. The van der Waals surface area contributed by atoms with Crippen LogP contribution in [0.1, 0.15) is 5.69 Å². The normalized spacial score (nSPS) is 9.43. The molecule has 0 spiro atoms. The van der Waals surface area contributed by atoms with Crippen molar-refractivity contribution in [3.05, 3.63) is 14.1 Å². The molecule has 0 aliphatic heterocycles. The summed E-state index contributed by atoms with van der Waals surface area (Å²) in [4.78, 5) is 6.26. The zero-order valence-electron chi connectivity index (χ0n) is 3.81. The van der Waals surface area contributed by atoms with Crippen LogP contribution in [0, 0.1) is 6.92 Å².